The van der Waals surface area contributed by atoms with Crippen molar-refractivity contribution in [3.8, 4) is 0 Å². The molecule has 4 heteroatoms. The van der Waals surface area contributed by atoms with Crippen LogP contribution in [-0.4, -0.2) is 22.9 Å². The third kappa shape index (κ3) is 1.52. The molecular formula is C14H12O3S. The smallest absolute Gasteiger partial charge is 0.269 e. The van der Waals surface area contributed by atoms with Crippen molar-refractivity contribution in [2.45, 2.75) is 25.2 Å². The number of hydrogen-bond acceptors (Lipinski definition) is 4. The van der Waals surface area contributed by atoms with Gasteiger partial charge in [0, 0.05) is 16.4 Å². The number of rotatable bonds is 0. The molecule has 1 aliphatic heterocycles. The van der Waals surface area contributed by atoms with Crippen molar-refractivity contribution >= 4 is 28.2 Å². The first-order valence-electron chi connectivity index (χ1n) is 5.85. The molecule has 0 saturated heterocycles. The molecule has 0 radical (unpaired) electrons. The number of ether oxygens (including phenoxy) is 1. The molecule has 0 bridgehead atoms. The van der Waals surface area contributed by atoms with Crippen LogP contribution in [0.15, 0.2) is 30.0 Å². The van der Waals surface area contributed by atoms with Gasteiger partial charge >= 0.3 is 0 Å². The van der Waals surface area contributed by atoms with Crippen LogP contribution in [0.1, 0.15) is 29.8 Å². The van der Waals surface area contributed by atoms with Crippen molar-refractivity contribution in [3.63, 3.8) is 0 Å². The summed E-state index contributed by atoms with van der Waals surface area (Å²) in [5.74, 6) is -0.754. The summed E-state index contributed by atoms with van der Waals surface area (Å²) in [6.45, 7) is 3.97. The van der Waals surface area contributed by atoms with Gasteiger partial charge in [-0.25, -0.2) is 0 Å². The lowest BCUT2D eigenvalue weighted by molar-refractivity contribution is -0.115. The van der Waals surface area contributed by atoms with Gasteiger partial charge in [0.1, 0.15) is 6.10 Å². The number of thioether (sulfide) groups is 1. The van der Waals surface area contributed by atoms with E-state index in [1.54, 1.807) is 23.9 Å². The van der Waals surface area contributed by atoms with Crippen LogP contribution in [0.4, 0.5) is 0 Å². The highest BCUT2D eigenvalue weighted by molar-refractivity contribution is 8.09. The van der Waals surface area contributed by atoms with E-state index < -0.39 is 11.6 Å². The number of Topliss-reactive ketones (excluding diaryl/α,β-unsaturated/α-hetero) is 2. The molecule has 0 amide bonds. The van der Waals surface area contributed by atoms with Gasteiger partial charge in [0.15, 0.2) is 5.76 Å². The summed E-state index contributed by atoms with van der Waals surface area (Å²) < 4.78 is 5.63. The van der Waals surface area contributed by atoms with Crippen LogP contribution in [-0.2, 0) is 9.53 Å². The zero-order valence-electron chi connectivity index (χ0n) is 10.1. The molecule has 92 valence electrons. The lowest BCUT2D eigenvalue weighted by atomic mass is 9.93. The number of ketones is 2. The van der Waals surface area contributed by atoms with Crippen molar-refractivity contribution in [3.05, 3.63) is 41.2 Å². The van der Waals surface area contributed by atoms with Gasteiger partial charge < -0.3 is 4.74 Å². The Kier molecular flexibility index (Phi) is 2.55. The Morgan fingerprint density at radius 1 is 1.06 bits per heavy atom. The molecule has 1 aliphatic carbocycles. The van der Waals surface area contributed by atoms with Crippen LogP contribution in [0.5, 0.6) is 0 Å². The van der Waals surface area contributed by atoms with Crippen molar-refractivity contribution in [1.82, 2.24) is 0 Å². The summed E-state index contributed by atoms with van der Waals surface area (Å²) in [7, 11) is 0. The van der Waals surface area contributed by atoms with Crippen molar-refractivity contribution in [2.24, 2.45) is 0 Å². The SMILES string of the molecule is CC1SC2=C(O[C@H]1C)C(=O)C(=O)c1ccccc12. The van der Waals surface area contributed by atoms with Gasteiger partial charge in [-0.3, -0.25) is 9.59 Å². The first-order chi connectivity index (χ1) is 8.59. The van der Waals surface area contributed by atoms with Gasteiger partial charge in [-0.05, 0) is 13.8 Å². The molecule has 2 atom stereocenters. The van der Waals surface area contributed by atoms with E-state index in [4.69, 9.17) is 4.74 Å². The molecule has 0 saturated carbocycles. The van der Waals surface area contributed by atoms with E-state index in [1.165, 1.54) is 0 Å². The molecular weight excluding hydrogens is 248 g/mol. The van der Waals surface area contributed by atoms with E-state index >= 15 is 0 Å². The predicted molar refractivity (Wildman–Crippen MR) is 70.3 cm³/mol. The molecule has 1 heterocycles. The molecule has 1 aromatic rings. The zero-order chi connectivity index (χ0) is 12.9. The summed E-state index contributed by atoms with van der Waals surface area (Å²) in [6, 6.07) is 7.21. The normalized spacial score (nSPS) is 26.6. The minimum atomic E-state index is -0.519. The van der Waals surface area contributed by atoms with Crippen molar-refractivity contribution in [2.75, 3.05) is 0 Å². The Hall–Kier alpha value is -1.55. The highest BCUT2D eigenvalue weighted by Crippen LogP contribution is 2.44. The van der Waals surface area contributed by atoms with E-state index in [0.29, 0.717) is 5.56 Å². The van der Waals surface area contributed by atoms with Crippen molar-refractivity contribution in [1.29, 1.82) is 0 Å². The van der Waals surface area contributed by atoms with Gasteiger partial charge in [-0.2, -0.15) is 0 Å². The van der Waals surface area contributed by atoms with Crippen LogP contribution in [0, 0.1) is 0 Å². The highest BCUT2D eigenvalue weighted by Gasteiger charge is 2.39. The van der Waals surface area contributed by atoms with Gasteiger partial charge in [-0.1, -0.05) is 24.3 Å². The number of allylic oxidation sites excluding steroid dienone is 1. The van der Waals surface area contributed by atoms with Crippen LogP contribution in [0.2, 0.25) is 0 Å². The Labute approximate surface area is 109 Å². The molecule has 0 aromatic heterocycles. The third-order valence-electron chi connectivity index (χ3n) is 3.30. The number of benzene rings is 1. The van der Waals surface area contributed by atoms with Gasteiger partial charge in [0.25, 0.3) is 5.78 Å². The molecule has 3 rings (SSSR count). The van der Waals surface area contributed by atoms with Crippen LogP contribution in [0.3, 0.4) is 0 Å². The molecule has 3 nitrogen and oxygen atoms in total. The fourth-order valence-electron chi connectivity index (χ4n) is 2.12. The average molecular weight is 260 g/mol. The first kappa shape index (κ1) is 11.5. The lowest BCUT2D eigenvalue weighted by Crippen LogP contribution is -2.33. The topological polar surface area (TPSA) is 43.4 Å². The Morgan fingerprint density at radius 3 is 2.44 bits per heavy atom. The van der Waals surface area contributed by atoms with Gasteiger partial charge in [0.2, 0.25) is 5.78 Å². The second kappa shape index (κ2) is 3.99. The van der Waals surface area contributed by atoms with E-state index in [9.17, 15) is 9.59 Å². The standard InChI is InChI=1S/C14H12O3S/c1-7-8(2)18-14-10-6-4-3-5-9(10)11(15)12(16)13(14)17-7/h3-8H,1-2H3/t7-,8?/m0/s1. The van der Waals surface area contributed by atoms with E-state index in [1.807, 2.05) is 19.1 Å². The third-order valence-corrected chi connectivity index (χ3v) is 4.70. The molecule has 0 fully saturated rings. The number of hydrogen-bond donors (Lipinski definition) is 0. The number of fused-ring (bicyclic) bond motifs is 2. The van der Waals surface area contributed by atoms with Crippen molar-refractivity contribution < 1.29 is 14.3 Å². The quantitative estimate of drug-likeness (QED) is 0.673. The fraction of sp³-hybridized carbons (Fsp3) is 0.286. The summed E-state index contributed by atoms with van der Waals surface area (Å²) in [6.07, 6.45) is -0.0595. The van der Waals surface area contributed by atoms with Crippen LogP contribution in [0.25, 0.3) is 4.91 Å². The van der Waals surface area contributed by atoms with E-state index in [2.05, 4.69) is 6.92 Å². The predicted octanol–water partition coefficient (Wildman–Crippen LogP) is 2.66. The maximum Gasteiger partial charge on any atom is 0.269 e. The Bertz CT molecular complexity index is 588. The number of carbonyl (C=O) groups excluding carboxylic acids is 2. The zero-order valence-corrected chi connectivity index (χ0v) is 10.9. The van der Waals surface area contributed by atoms with Gasteiger partial charge in [-0.15, -0.1) is 11.8 Å². The lowest BCUT2D eigenvalue weighted by Gasteiger charge is -2.32. The summed E-state index contributed by atoms with van der Waals surface area (Å²) >= 11 is 1.61. The molecule has 1 unspecified atom stereocenters. The first-order valence-corrected chi connectivity index (χ1v) is 6.73. The minimum absolute atomic E-state index is 0.0595. The largest absolute Gasteiger partial charge is 0.484 e. The Morgan fingerprint density at radius 2 is 1.72 bits per heavy atom. The van der Waals surface area contributed by atoms with E-state index in [0.717, 1.165) is 10.5 Å². The molecule has 18 heavy (non-hydrogen) atoms. The van der Waals surface area contributed by atoms with E-state index in [-0.39, 0.29) is 17.1 Å². The summed E-state index contributed by atoms with van der Waals surface area (Å²) in [5.41, 5.74) is 1.31. The second-order valence-electron chi connectivity index (χ2n) is 4.51. The average Bonchev–Trinajstić information content (AvgIpc) is 2.38. The molecule has 2 aliphatic rings. The molecule has 1 aromatic carbocycles. The summed E-state index contributed by atoms with van der Waals surface area (Å²) in [4.78, 5) is 24.8. The van der Waals surface area contributed by atoms with Crippen LogP contribution >= 0.6 is 11.8 Å². The van der Waals surface area contributed by atoms with Gasteiger partial charge in [0.05, 0.1) is 4.91 Å². The molecule has 0 N–H and O–H groups in total. The summed E-state index contributed by atoms with van der Waals surface area (Å²) in [5, 5.41) is 0.262. The Balaban J connectivity index is 2.22. The monoisotopic (exact) mass is 260 g/mol. The fourth-order valence-corrected chi connectivity index (χ4v) is 3.29. The maximum absolute atomic E-state index is 12.0. The highest BCUT2D eigenvalue weighted by atomic mass is 32.2. The minimum Gasteiger partial charge on any atom is -0.484 e. The second-order valence-corrected chi connectivity index (χ2v) is 5.90. The van der Waals surface area contributed by atoms with Crippen LogP contribution < -0.4 is 0 Å². The molecule has 0 spiro atoms. The number of carbonyl (C=O) groups is 2. The maximum atomic E-state index is 12.0.